The summed E-state index contributed by atoms with van der Waals surface area (Å²) < 4.78 is 4.99. The van der Waals surface area contributed by atoms with E-state index in [1.165, 1.54) is 25.3 Å². The number of aromatic hydroxyl groups is 1. The number of ketones is 3. The molecule has 0 aliphatic heterocycles. The molecular formula is C19H14O5. The fourth-order valence-corrected chi connectivity index (χ4v) is 2.67. The first-order valence-electron chi connectivity index (χ1n) is 7.29. The van der Waals surface area contributed by atoms with Crippen LogP contribution >= 0.6 is 0 Å². The number of hydrogen-bond acceptors (Lipinski definition) is 5. The molecule has 1 aliphatic rings. The highest BCUT2D eigenvalue weighted by Crippen LogP contribution is 2.29. The van der Waals surface area contributed by atoms with Gasteiger partial charge >= 0.3 is 0 Å². The molecular weight excluding hydrogens is 308 g/mol. The van der Waals surface area contributed by atoms with E-state index in [2.05, 4.69) is 0 Å². The Hall–Kier alpha value is -3.21. The van der Waals surface area contributed by atoms with E-state index in [1.54, 1.807) is 36.4 Å². The standard InChI is InChI=1S/C19H14O5/c1-24-16-10-11(6-8-14(16)20)7-9-15(21)17-18(22)12-4-2-3-5-13(12)19(17)23/h2-10,17,20H,1H3/b9-7+. The molecule has 0 spiro atoms. The van der Waals surface area contributed by atoms with Crippen molar-refractivity contribution in [2.24, 2.45) is 5.92 Å². The van der Waals surface area contributed by atoms with Crippen LogP contribution in [0.25, 0.3) is 6.08 Å². The number of allylic oxidation sites excluding steroid dienone is 1. The number of hydrogen-bond donors (Lipinski definition) is 1. The lowest BCUT2D eigenvalue weighted by atomic mass is 9.97. The number of carbonyl (C=O) groups excluding carboxylic acids is 3. The fourth-order valence-electron chi connectivity index (χ4n) is 2.67. The summed E-state index contributed by atoms with van der Waals surface area (Å²) in [6.45, 7) is 0. The molecule has 5 nitrogen and oxygen atoms in total. The van der Waals surface area contributed by atoms with E-state index in [0.29, 0.717) is 16.7 Å². The number of ether oxygens (including phenoxy) is 1. The van der Waals surface area contributed by atoms with Crippen molar-refractivity contribution in [3.05, 3.63) is 65.2 Å². The molecule has 0 radical (unpaired) electrons. The summed E-state index contributed by atoms with van der Waals surface area (Å²) in [6, 6.07) is 11.0. The summed E-state index contributed by atoms with van der Waals surface area (Å²) >= 11 is 0. The molecule has 2 aromatic carbocycles. The largest absolute Gasteiger partial charge is 0.504 e. The molecule has 0 aromatic heterocycles. The highest BCUT2D eigenvalue weighted by Gasteiger charge is 2.41. The third kappa shape index (κ3) is 2.60. The van der Waals surface area contributed by atoms with Gasteiger partial charge in [-0.25, -0.2) is 0 Å². The third-order valence-electron chi connectivity index (χ3n) is 3.91. The van der Waals surface area contributed by atoms with Crippen molar-refractivity contribution >= 4 is 23.4 Å². The third-order valence-corrected chi connectivity index (χ3v) is 3.91. The number of rotatable bonds is 4. The second-order valence-electron chi connectivity index (χ2n) is 5.37. The zero-order chi connectivity index (χ0) is 17.3. The quantitative estimate of drug-likeness (QED) is 0.691. The number of phenolic OH excluding ortho intramolecular Hbond substituents is 1. The van der Waals surface area contributed by atoms with Crippen molar-refractivity contribution < 1.29 is 24.2 Å². The predicted molar refractivity (Wildman–Crippen MR) is 87.3 cm³/mol. The Morgan fingerprint density at radius 3 is 2.29 bits per heavy atom. The second-order valence-corrected chi connectivity index (χ2v) is 5.37. The van der Waals surface area contributed by atoms with Gasteiger partial charge < -0.3 is 9.84 Å². The molecule has 24 heavy (non-hydrogen) atoms. The van der Waals surface area contributed by atoms with Crippen LogP contribution in [0.4, 0.5) is 0 Å². The summed E-state index contributed by atoms with van der Waals surface area (Å²) in [6.07, 6.45) is 2.69. The SMILES string of the molecule is COc1cc(/C=C/C(=O)C2C(=O)c3ccccc3C2=O)ccc1O. The van der Waals surface area contributed by atoms with E-state index >= 15 is 0 Å². The number of Topliss-reactive ketones (excluding diaryl/α,β-unsaturated/α-hetero) is 2. The smallest absolute Gasteiger partial charge is 0.182 e. The van der Waals surface area contributed by atoms with E-state index in [4.69, 9.17) is 4.74 Å². The van der Waals surface area contributed by atoms with Crippen molar-refractivity contribution in [2.45, 2.75) is 0 Å². The molecule has 0 amide bonds. The van der Waals surface area contributed by atoms with Gasteiger partial charge in [0, 0.05) is 11.1 Å². The van der Waals surface area contributed by atoms with E-state index < -0.39 is 23.3 Å². The number of phenols is 1. The molecule has 0 heterocycles. The van der Waals surface area contributed by atoms with E-state index in [0.717, 1.165) is 0 Å². The maximum Gasteiger partial charge on any atom is 0.182 e. The van der Waals surface area contributed by atoms with Crippen LogP contribution in [0, 0.1) is 5.92 Å². The van der Waals surface area contributed by atoms with Crippen LogP contribution in [0.2, 0.25) is 0 Å². The minimum absolute atomic E-state index is 0.0161. The van der Waals surface area contributed by atoms with Crippen molar-refractivity contribution in [2.75, 3.05) is 7.11 Å². The van der Waals surface area contributed by atoms with Gasteiger partial charge in [0.15, 0.2) is 28.8 Å². The molecule has 0 saturated carbocycles. The maximum atomic E-state index is 12.3. The molecule has 0 unspecified atom stereocenters. The minimum Gasteiger partial charge on any atom is -0.504 e. The Kier molecular flexibility index (Phi) is 4.00. The number of carbonyl (C=O) groups is 3. The molecule has 3 rings (SSSR count). The normalized spacial score (nSPS) is 14.2. The lowest BCUT2D eigenvalue weighted by Gasteiger charge is -2.04. The molecule has 1 aliphatic carbocycles. The van der Waals surface area contributed by atoms with Gasteiger partial charge in [-0.15, -0.1) is 0 Å². The summed E-state index contributed by atoms with van der Waals surface area (Å²) in [5.41, 5.74) is 1.19. The Bertz CT molecular complexity index is 844. The maximum absolute atomic E-state index is 12.3. The molecule has 1 N–H and O–H groups in total. The van der Waals surface area contributed by atoms with Crippen LogP contribution in [0.1, 0.15) is 26.3 Å². The fraction of sp³-hybridized carbons (Fsp3) is 0.105. The summed E-state index contributed by atoms with van der Waals surface area (Å²) in [5.74, 6) is -2.55. The molecule has 0 atom stereocenters. The zero-order valence-corrected chi connectivity index (χ0v) is 12.9. The van der Waals surface area contributed by atoms with E-state index in [1.807, 2.05) is 0 Å². The van der Waals surface area contributed by atoms with Crippen molar-refractivity contribution in [1.82, 2.24) is 0 Å². The molecule has 0 saturated heterocycles. The Morgan fingerprint density at radius 2 is 1.71 bits per heavy atom. The topological polar surface area (TPSA) is 80.7 Å². The first-order chi connectivity index (χ1) is 11.5. The van der Waals surface area contributed by atoms with Crippen LogP contribution in [-0.4, -0.2) is 29.6 Å². The van der Waals surface area contributed by atoms with Crippen molar-refractivity contribution in [1.29, 1.82) is 0 Å². The van der Waals surface area contributed by atoms with Gasteiger partial charge in [-0.1, -0.05) is 36.4 Å². The average Bonchev–Trinajstić information content (AvgIpc) is 2.85. The predicted octanol–water partition coefficient (Wildman–Crippen LogP) is 2.68. The molecule has 2 aromatic rings. The van der Waals surface area contributed by atoms with E-state index in [9.17, 15) is 19.5 Å². The number of methoxy groups -OCH3 is 1. The first-order valence-corrected chi connectivity index (χ1v) is 7.29. The highest BCUT2D eigenvalue weighted by molar-refractivity contribution is 6.37. The molecule has 0 bridgehead atoms. The molecule has 120 valence electrons. The zero-order valence-electron chi connectivity index (χ0n) is 12.9. The Balaban J connectivity index is 1.84. The number of benzene rings is 2. The average molecular weight is 322 g/mol. The number of fused-ring (bicyclic) bond motifs is 1. The first kappa shape index (κ1) is 15.7. The van der Waals surface area contributed by atoms with Crippen LogP contribution in [0.3, 0.4) is 0 Å². The monoisotopic (exact) mass is 322 g/mol. The van der Waals surface area contributed by atoms with Crippen LogP contribution < -0.4 is 4.74 Å². The highest BCUT2D eigenvalue weighted by atomic mass is 16.5. The molecule has 0 fully saturated rings. The van der Waals surface area contributed by atoms with Gasteiger partial charge in [0.2, 0.25) is 0 Å². The van der Waals surface area contributed by atoms with Gasteiger partial charge in [-0.3, -0.25) is 14.4 Å². The second kappa shape index (κ2) is 6.12. The summed E-state index contributed by atoms with van der Waals surface area (Å²) in [7, 11) is 1.42. The van der Waals surface area contributed by atoms with Gasteiger partial charge in [0.25, 0.3) is 0 Å². The van der Waals surface area contributed by atoms with Crippen molar-refractivity contribution in [3.63, 3.8) is 0 Å². The minimum atomic E-state index is -1.31. The summed E-state index contributed by atoms with van der Waals surface area (Å²) in [5, 5.41) is 9.55. The molecule has 5 heteroatoms. The van der Waals surface area contributed by atoms with Crippen LogP contribution in [0.15, 0.2) is 48.5 Å². The van der Waals surface area contributed by atoms with Gasteiger partial charge in [-0.05, 0) is 23.8 Å². The van der Waals surface area contributed by atoms with Crippen LogP contribution in [0.5, 0.6) is 11.5 Å². The Labute approximate surface area is 138 Å². The Morgan fingerprint density at radius 1 is 1.08 bits per heavy atom. The van der Waals surface area contributed by atoms with Crippen molar-refractivity contribution in [3.8, 4) is 11.5 Å². The lowest BCUT2D eigenvalue weighted by Crippen LogP contribution is -2.23. The van der Waals surface area contributed by atoms with Gasteiger partial charge in [0.05, 0.1) is 7.11 Å². The summed E-state index contributed by atoms with van der Waals surface area (Å²) in [4.78, 5) is 36.9. The lowest BCUT2D eigenvalue weighted by molar-refractivity contribution is -0.115. The van der Waals surface area contributed by atoms with Crippen LogP contribution in [-0.2, 0) is 4.79 Å². The van der Waals surface area contributed by atoms with E-state index in [-0.39, 0.29) is 11.5 Å². The van der Waals surface area contributed by atoms with Gasteiger partial charge in [-0.2, -0.15) is 0 Å². The van der Waals surface area contributed by atoms with Gasteiger partial charge in [0.1, 0.15) is 5.92 Å².